The fraction of sp³-hybridized carbons (Fsp3) is 0.800. The topological polar surface area (TPSA) is 74.6 Å². The Kier molecular flexibility index (Phi) is 4.59. The summed E-state index contributed by atoms with van der Waals surface area (Å²) >= 11 is 0. The second kappa shape index (κ2) is 4.65. The van der Waals surface area contributed by atoms with Crippen molar-refractivity contribution < 1.29 is 18.1 Å². The molecule has 5 heteroatoms. The van der Waals surface area contributed by atoms with Gasteiger partial charge in [-0.25, -0.2) is 0 Å². The van der Waals surface area contributed by atoms with Crippen LogP contribution in [0.15, 0.2) is 0 Å². The fourth-order valence-electron chi connectivity index (χ4n) is 0.468. The normalized spacial score (nSPS) is 11.8. The van der Waals surface area contributed by atoms with E-state index in [-0.39, 0.29) is 12.4 Å². The van der Waals surface area contributed by atoms with Crippen molar-refractivity contribution in [2.24, 2.45) is 0 Å². The van der Waals surface area contributed by atoms with Crippen LogP contribution in [0.2, 0.25) is 0 Å². The lowest BCUT2D eigenvalue weighted by atomic mass is 10.3. The molecule has 0 aromatic carbocycles. The van der Waals surface area contributed by atoms with Crippen LogP contribution in [-0.2, 0) is 10.1 Å². The molecule has 0 aliphatic rings. The van der Waals surface area contributed by atoms with Gasteiger partial charge < -0.3 is 5.11 Å². The lowest BCUT2D eigenvalue weighted by Crippen LogP contribution is -2.04. The monoisotopic (exact) mass is 167 g/mol. The van der Waals surface area contributed by atoms with Gasteiger partial charge in [-0.05, 0) is 19.3 Å². The minimum Gasteiger partial charge on any atom is -0.396 e. The van der Waals surface area contributed by atoms with E-state index in [1.54, 1.807) is 0 Å². The van der Waals surface area contributed by atoms with Crippen molar-refractivity contribution in [3.63, 3.8) is 0 Å². The van der Waals surface area contributed by atoms with Crippen molar-refractivity contribution in [2.75, 3.05) is 12.4 Å². The molecule has 4 nitrogen and oxygen atoms in total. The first-order chi connectivity index (χ1) is 4.56. The molecule has 10 heavy (non-hydrogen) atoms. The Hall–Kier alpha value is -0.130. The zero-order valence-electron chi connectivity index (χ0n) is 5.52. The first-order valence-electron chi connectivity index (χ1n) is 2.94. The SMILES string of the molecule is O=S(=O)(O)C[CH]CCCO. The van der Waals surface area contributed by atoms with Gasteiger partial charge in [0.25, 0.3) is 10.1 Å². The summed E-state index contributed by atoms with van der Waals surface area (Å²) in [5.41, 5.74) is 0. The molecule has 0 heterocycles. The summed E-state index contributed by atoms with van der Waals surface area (Å²) in [5.74, 6) is -0.326. The molecule has 0 aliphatic heterocycles. The van der Waals surface area contributed by atoms with Crippen LogP contribution in [0.3, 0.4) is 0 Å². The molecule has 0 amide bonds. The summed E-state index contributed by atoms with van der Waals surface area (Å²) in [6.07, 6.45) is 2.47. The Balaban J connectivity index is 3.21. The van der Waals surface area contributed by atoms with E-state index in [4.69, 9.17) is 9.66 Å². The van der Waals surface area contributed by atoms with E-state index in [2.05, 4.69) is 0 Å². The molecular weight excluding hydrogens is 156 g/mol. The highest BCUT2D eigenvalue weighted by Crippen LogP contribution is 1.95. The summed E-state index contributed by atoms with van der Waals surface area (Å²) in [6, 6.07) is 0. The van der Waals surface area contributed by atoms with Gasteiger partial charge >= 0.3 is 0 Å². The van der Waals surface area contributed by atoms with Crippen molar-refractivity contribution in [2.45, 2.75) is 12.8 Å². The van der Waals surface area contributed by atoms with Crippen molar-refractivity contribution >= 4 is 10.1 Å². The fourth-order valence-corrected chi connectivity index (χ4v) is 0.932. The molecule has 1 radical (unpaired) electrons. The summed E-state index contributed by atoms with van der Waals surface area (Å²) in [5, 5.41) is 8.26. The quantitative estimate of drug-likeness (QED) is 0.441. The number of hydrogen-bond acceptors (Lipinski definition) is 3. The predicted octanol–water partition coefficient (Wildman–Crippen LogP) is -0.149. The largest absolute Gasteiger partial charge is 0.396 e. The lowest BCUT2D eigenvalue weighted by molar-refractivity contribution is 0.288. The van der Waals surface area contributed by atoms with Crippen LogP contribution in [0, 0.1) is 6.42 Å². The number of unbranched alkanes of at least 4 members (excludes halogenated alkanes) is 2. The van der Waals surface area contributed by atoms with Crippen molar-refractivity contribution in [3.05, 3.63) is 6.42 Å². The average Bonchev–Trinajstić information content (AvgIpc) is 1.78. The number of aliphatic hydroxyl groups excluding tert-OH is 1. The summed E-state index contributed by atoms with van der Waals surface area (Å²) in [7, 11) is -3.84. The van der Waals surface area contributed by atoms with Crippen LogP contribution in [0.25, 0.3) is 0 Å². The van der Waals surface area contributed by atoms with E-state index in [9.17, 15) is 8.42 Å². The lowest BCUT2D eigenvalue weighted by Gasteiger charge is -1.94. The maximum Gasteiger partial charge on any atom is 0.265 e. The second-order valence-electron chi connectivity index (χ2n) is 1.90. The molecule has 0 saturated heterocycles. The highest BCUT2D eigenvalue weighted by molar-refractivity contribution is 7.85. The zero-order chi connectivity index (χ0) is 8.04. The van der Waals surface area contributed by atoms with Crippen LogP contribution in [-0.4, -0.2) is 30.4 Å². The Morgan fingerprint density at radius 1 is 1.40 bits per heavy atom. The summed E-state index contributed by atoms with van der Waals surface area (Å²) in [4.78, 5) is 0. The van der Waals surface area contributed by atoms with Gasteiger partial charge in [-0.1, -0.05) is 0 Å². The molecule has 0 aliphatic carbocycles. The molecule has 0 unspecified atom stereocenters. The Morgan fingerprint density at radius 2 is 2.00 bits per heavy atom. The highest BCUT2D eigenvalue weighted by Gasteiger charge is 2.02. The number of rotatable bonds is 5. The third kappa shape index (κ3) is 7.87. The number of hydrogen-bond donors (Lipinski definition) is 2. The molecule has 0 aromatic rings. The van der Waals surface area contributed by atoms with Crippen molar-refractivity contribution in [3.8, 4) is 0 Å². The molecule has 0 bridgehead atoms. The van der Waals surface area contributed by atoms with Gasteiger partial charge in [0.2, 0.25) is 0 Å². The maximum atomic E-state index is 10.1. The van der Waals surface area contributed by atoms with Gasteiger partial charge in [0.15, 0.2) is 0 Å². The molecule has 0 rings (SSSR count). The predicted molar refractivity (Wildman–Crippen MR) is 37.0 cm³/mol. The van der Waals surface area contributed by atoms with E-state index in [1.165, 1.54) is 6.42 Å². The van der Waals surface area contributed by atoms with E-state index in [0.717, 1.165) is 0 Å². The second-order valence-corrected chi connectivity index (χ2v) is 3.40. The van der Waals surface area contributed by atoms with Crippen LogP contribution in [0.4, 0.5) is 0 Å². The molecule has 0 spiro atoms. The van der Waals surface area contributed by atoms with Crippen LogP contribution >= 0.6 is 0 Å². The number of aliphatic hydroxyl groups is 1. The minimum absolute atomic E-state index is 0.0436. The van der Waals surface area contributed by atoms with Gasteiger partial charge in [0.1, 0.15) is 0 Å². The average molecular weight is 167 g/mol. The van der Waals surface area contributed by atoms with Gasteiger partial charge in [0, 0.05) is 6.61 Å². The first-order valence-corrected chi connectivity index (χ1v) is 4.55. The maximum absolute atomic E-state index is 10.1. The van der Waals surface area contributed by atoms with E-state index in [0.29, 0.717) is 12.8 Å². The van der Waals surface area contributed by atoms with Gasteiger partial charge in [0.05, 0.1) is 5.75 Å². The third-order valence-electron chi connectivity index (χ3n) is 0.895. The Bertz CT molecular complexity index is 160. The molecule has 0 saturated carbocycles. The standard InChI is InChI=1S/C5H11O4S/c6-4-2-1-3-5-10(7,8)9/h3,6H,1-2,4-5H2,(H,7,8,9). The zero-order valence-corrected chi connectivity index (χ0v) is 6.34. The molecule has 0 atom stereocenters. The summed E-state index contributed by atoms with van der Waals surface area (Å²) in [6.45, 7) is 0.0436. The van der Waals surface area contributed by atoms with Crippen molar-refractivity contribution in [1.29, 1.82) is 0 Å². The van der Waals surface area contributed by atoms with Crippen LogP contribution < -0.4 is 0 Å². The molecule has 0 fully saturated rings. The minimum atomic E-state index is -3.84. The Morgan fingerprint density at radius 3 is 2.40 bits per heavy atom. The smallest absolute Gasteiger partial charge is 0.265 e. The third-order valence-corrected chi connectivity index (χ3v) is 1.55. The Labute approximate surface area is 60.6 Å². The molecule has 2 N–H and O–H groups in total. The van der Waals surface area contributed by atoms with Crippen LogP contribution in [0.5, 0.6) is 0 Å². The van der Waals surface area contributed by atoms with Gasteiger partial charge in [-0.15, -0.1) is 0 Å². The van der Waals surface area contributed by atoms with Crippen molar-refractivity contribution in [1.82, 2.24) is 0 Å². The van der Waals surface area contributed by atoms with E-state index >= 15 is 0 Å². The highest BCUT2D eigenvalue weighted by atomic mass is 32.2. The van der Waals surface area contributed by atoms with E-state index in [1.807, 2.05) is 0 Å². The van der Waals surface area contributed by atoms with Gasteiger partial charge in [-0.3, -0.25) is 4.55 Å². The van der Waals surface area contributed by atoms with E-state index < -0.39 is 10.1 Å². The summed E-state index contributed by atoms with van der Waals surface area (Å²) < 4.78 is 28.3. The molecular formula is C5H11O4S. The molecule has 61 valence electrons. The first kappa shape index (κ1) is 9.87. The van der Waals surface area contributed by atoms with Crippen LogP contribution in [0.1, 0.15) is 12.8 Å². The molecule has 0 aromatic heterocycles. The van der Waals surface area contributed by atoms with Gasteiger partial charge in [-0.2, -0.15) is 8.42 Å².